The van der Waals surface area contributed by atoms with Crippen LogP contribution in [0, 0.1) is 17.8 Å². The van der Waals surface area contributed by atoms with Crippen molar-refractivity contribution < 1.29 is 119 Å². The van der Waals surface area contributed by atoms with Gasteiger partial charge in [-0.15, -0.1) is 0 Å². The maximum Gasteiger partial charge on any atom is 0.191 e. The van der Waals surface area contributed by atoms with Gasteiger partial charge in [0.2, 0.25) is 0 Å². The van der Waals surface area contributed by atoms with Crippen molar-refractivity contribution in [1.82, 2.24) is 0 Å². The van der Waals surface area contributed by atoms with Gasteiger partial charge in [-0.3, -0.25) is 0 Å². The van der Waals surface area contributed by atoms with Crippen molar-refractivity contribution in [3.63, 3.8) is 0 Å². The van der Waals surface area contributed by atoms with Crippen LogP contribution >= 0.6 is 0 Å². The number of hydrogen-bond donors (Lipinski definition) is 17. The molecule has 4 saturated heterocycles. The van der Waals surface area contributed by atoms with E-state index < -0.39 is 187 Å². The van der Waals surface area contributed by atoms with Crippen LogP contribution in [0.2, 0.25) is 18.1 Å². The van der Waals surface area contributed by atoms with Crippen molar-refractivity contribution in [2.75, 3.05) is 19.8 Å². The van der Waals surface area contributed by atoms with Gasteiger partial charge in [0, 0.05) is 19.1 Å². The average Bonchev–Trinajstić information content (AvgIpc) is 3.41. The summed E-state index contributed by atoms with van der Waals surface area (Å²) < 4.78 is 52.8. The van der Waals surface area contributed by atoms with Gasteiger partial charge < -0.3 is 136 Å². The monoisotopic (exact) mass is 1180 g/mol. The molecule has 6 aliphatic rings. The van der Waals surface area contributed by atoms with Crippen molar-refractivity contribution in [1.29, 1.82) is 0 Å². The maximum atomic E-state index is 11.7. The number of aliphatic hydroxyl groups is 14. The Morgan fingerprint density at radius 2 is 0.875 bits per heavy atom. The fraction of sp³-hybridized carbons (Fsp3) is 0.981. The van der Waals surface area contributed by atoms with Gasteiger partial charge in [-0.2, -0.15) is 0 Å². The van der Waals surface area contributed by atoms with Crippen molar-refractivity contribution in [2.45, 2.75) is 284 Å². The molecule has 472 valence electrons. The topological polar surface area (TPSA) is 461 Å². The molecule has 6 fully saturated rings. The predicted molar refractivity (Wildman–Crippen MR) is 285 cm³/mol. The summed E-state index contributed by atoms with van der Waals surface area (Å²) >= 11 is 0. The molecule has 0 amide bonds. The molecule has 2 aliphatic carbocycles. The number of nitrogens with two attached hydrogens (primary N) is 3. The van der Waals surface area contributed by atoms with Crippen LogP contribution in [-0.4, -0.2) is 271 Å². The highest BCUT2D eigenvalue weighted by molar-refractivity contribution is 6.74. The Bertz CT molecular complexity index is 1750. The van der Waals surface area contributed by atoms with Gasteiger partial charge in [-0.25, -0.2) is 0 Å². The molecule has 6 rings (SSSR count). The number of hydrogen-bond acceptors (Lipinski definition) is 27. The minimum absolute atomic E-state index is 0.0615. The Kier molecular flexibility index (Phi) is 28.1. The van der Waals surface area contributed by atoms with E-state index in [2.05, 4.69) is 33.9 Å². The average molecular weight is 1180 g/mol. The molecule has 4 heterocycles. The molecule has 0 spiro atoms. The zero-order chi connectivity index (χ0) is 60.5. The smallest absolute Gasteiger partial charge is 0.191 e. The lowest BCUT2D eigenvalue weighted by Gasteiger charge is -2.49. The predicted octanol–water partition coefficient (Wildman–Crippen LogP) is -4.38. The van der Waals surface area contributed by atoms with E-state index in [0.717, 1.165) is 6.29 Å². The van der Waals surface area contributed by atoms with Gasteiger partial charge >= 0.3 is 0 Å². The highest BCUT2D eigenvalue weighted by atomic mass is 28.4. The number of rotatable bonds is 18. The lowest BCUT2D eigenvalue weighted by molar-refractivity contribution is -0.340. The van der Waals surface area contributed by atoms with E-state index in [4.69, 9.17) is 59.5 Å². The van der Waals surface area contributed by atoms with Gasteiger partial charge in [0.15, 0.2) is 33.5 Å². The Morgan fingerprint density at radius 1 is 0.512 bits per heavy atom. The Morgan fingerprint density at radius 3 is 1.26 bits per heavy atom. The molecule has 30 atom stereocenters. The first-order valence-corrected chi connectivity index (χ1v) is 31.2. The van der Waals surface area contributed by atoms with Crippen LogP contribution in [0.4, 0.5) is 0 Å². The third-order valence-corrected chi connectivity index (χ3v) is 21.5. The van der Waals surface area contributed by atoms with E-state index >= 15 is 0 Å². The fourth-order valence-corrected chi connectivity index (χ4v) is 11.9. The molecule has 80 heavy (non-hydrogen) atoms. The van der Waals surface area contributed by atoms with Gasteiger partial charge in [-0.1, -0.05) is 55.4 Å². The van der Waals surface area contributed by atoms with Crippen LogP contribution in [0.5, 0.6) is 0 Å². The Balaban J connectivity index is 0.000000332. The standard InChI is InChI=1S/C29H57NO12Si.C20H38N2O11.C3H6O/c1-8-16-20(33)22(35)23(36)28(39-16)41-25-14(2)12-15(10-9-11-38-43(6,7)29(3,4)5)26(24(25)37)42-27-21(34)18(30)19(32)17(13-31)40-27;1-3-8-12(25)14(27)15(28)20(30-8)32-17-6(2)4-7(21)18(16(17)29)33-19-13(26)10(22)11(24)9(5-23)31-19;1-2-3-4/h14-28,31-37H,8-13,30H2,1-7H3;6-20,23-29H,3-5,21-22H2,1-2H3;3H,2H2,1H3/t14-,15+,16+,17+,18-,19+,20+,21+,22-,23+,24-,25?,26-,27+,28+;6-,7+,8+,9+,10-,11+,12+,13+,14-,15+,16-,17?,18-,19+,20+;/m00./s1. The summed E-state index contributed by atoms with van der Waals surface area (Å²) in [5.41, 5.74) is 18.0. The lowest BCUT2D eigenvalue weighted by atomic mass is 9.74. The van der Waals surface area contributed by atoms with E-state index in [1.165, 1.54) is 0 Å². The van der Waals surface area contributed by atoms with Gasteiger partial charge in [0.1, 0.15) is 97.8 Å². The maximum absolute atomic E-state index is 11.7. The van der Waals surface area contributed by atoms with Crippen LogP contribution in [-0.2, 0) is 47.1 Å². The Hall–Kier alpha value is -1.15. The Labute approximate surface area is 470 Å². The summed E-state index contributed by atoms with van der Waals surface area (Å²) in [6.45, 7) is 19.3. The molecular weight excluding hydrogens is 1080 g/mol. The number of aliphatic hydroxyl groups excluding tert-OH is 14. The number of carbonyl (C=O) groups excluding carboxylic acids is 1. The molecule has 4 aliphatic heterocycles. The molecule has 0 aromatic carbocycles. The van der Waals surface area contributed by atoms with Crippen molar-refractivity contribution >= 4 is 14.6 Å². The number of ether oxygens (including phenoxy) is 8. The second-order valence-electron chi connectivity index (χ2n) is 24.0. The number of aldehydes is 1. The minimum Gasteiger partial charge on any atom is -0.417 e. The molecule has 2 unspecified atom stereocenters. The first-order valence-electron chi connectivity index (χ1n) is 28.3. The molecule has 27 nitrogen and oxygen atoms in total. The molecule has 0 bridgehead atoms. The second kappa shape index (κ2) is 31.5. The normalized spacial score (nSPS) is 46.6. The van der Waals surface area contributed by atoms with Crippen LogP contribution in [0.3, 0.4) is 0 Å². The van der Waals surface area contributed by atoms with Crippen molar-refractivity contribution in [3.05, 3.63) is 0 Å². The molecule has 0 aromatic heterocycles. The second-order valence-corrected chi connectivity index (χ2v) is 28.8. The molecule has 20 N–H and O–H groups in total. The lowest BCUT2D eigenvalue weighted by Crippen LogP contribution is -2.66. The van der Waals surface area contributed by atoms with E-state index in [0.29, 0.717) is 51.6 Å². The molecule has 2 saturated carbocycles. The summed E-state index contributed by atoms with van der Waals surface area (Å²) in [6.07, 6.45) is -25.3. The molecule has 28 heteroatoms. The van der Waals surface area contributed by atoms with Gasteiger partial charge in [-0.05, 0) is 74.4 Å². The van der Waals surface area contributed by atoms with Crippen LogP contribution in [0.1, 0.15) is 100 Å². The largest absolute Gasteiger partial charge is 0.417 e. The summed E-state index contributed by atoms with van der Waals surface area (Å²) in [4.78, 5) is 9.17. The van der Waals surface area contributed by atoms with Crippen LogP contribution < -0.4 is 17.2 Å². The third-order valence-electron chi connectivity index (χ3n) is 17.0. The van der Waals surface area contributed by atoms with E-state index in [9.17, 15) is 76.3 Å². The molecular formula is C52H101N3O24Si. The minimum atomic E-state index is -1.96. The van der Waals surface area contributed by atoms with Crippen LogP contribution in [0.15, 0.2) is 0 Å². The fourth-order valence-electron chi connectivity index (χ4n) is 10.8. The zero-order valence-corrected chi connectivity index (χ0v) is 49.0. The van der Waals surface area contributed by atoms with E-state index in [1.807, 2.05) is 13.8 Å². The summed E-state index contributed by atoms with van der Waals surface area (Å²) in [5, 5.41) is 145. The summed E-state index contributed by atoms with van der Waals surface area (Å²) in [6, 6.07) is -2.99. The highest BCUT2D eigenvalue weighted by Gasteiger charge is 2.54. The number of carbonyl (C=O) groups is 1. The molecule has 0 aromatic rings. The summed E-state index contributed by atoms with van der Waals surface area (Å²) in [7, 11) is -1.96. The first-order chi connectivity index (χ1) is 37.4. The quantitative estimate of drug-likeness (QED) is 0.0350. The van der Waals surface area contributed by atoms with E-state index in [-0.39, 0.29) is 22.8 Å². The summed E-state index contributed by atoms with van der Waals surface area (Å²) in [5.74, 6) is -0.749. The van der Waals surface area contributed by atoms with Crippen molar-refractivity contribution in [3.8, 4) is 0 Å². The van der Waals surface area contributed by atoms with Gasteiger partial charge in [0.25, 0.3) is 0 Å². The van der Waals surface area contributed by atoms with E-state index in [1.54, 1.807) is 20.8 Å². The highest BCUT2D eigenvalue weighted by Crippen LogP contribution is 2.41. The SMILES string of the molecule is CCC=O.CC[C@H]1O[C@H](OC2[C@@H](C)C[C@@H](CCCO[Si](C)(C)C(C)(C)C)[C@H](O[C@H]3O[C@H](CO)[C@@H](O)[C@H](N)[C@H]3O)[C@H]2O)[C@H](O)[C@@H](O)[C@@H]1O.CC[C@H]1O[C@H](OC2[C@@H](C)C[C@@H](N)[C@H](O[C@H]3O[C@H](CO)[C@@H](O)[C@H](N)[C@H]3O)[C@H]2O)[C@H](O)[C@@H](O)[C@@H]1O. The molecule has 0 radical (unpaired) electrons. The van der Waals surface area contributed by atoms with Crippen molar-refractivity contribution in [2.24, 2.45) is 35.0 Å². The first kappa shape index (κ1) is 71.3. The zero-order valence-electron chi connectivity index (χ0n) is 48.0. The van der Waals surface area contributed by atoms with Gasteiger partial charge in [0.05, 0.1) is 55.8 Å². The van der Waals surface area contributed by atoms with Crippen LogP contribution in [0.25, 0.3) is 0 Å². The third kappa shape index (κ3) is 17.1.